The van der Waals surface area contributed by atoms with E-state index in [4.69, 9.17) is 10.2 Å². The van der Waals surface area contributed by atoms with Crippen molar-refractivity contribution in [2.24, 2.45) is 4.99 Å². The number of hydrogen-bond acceptors (Lipinski definition) is 7. The van der Waals surface area contributed by atoms with Crippen LogP contribution in [0.2, 0.25) is 0 Å². The van der Waals surface area contributed by atoms with Gasteiger partial charge in [0.25, 0.3) is 5.91 Å². The molecule has 0 spiro atoms. The monoisotopic (exact) mass is 363 g/mol. The third kappa shape index (κ3) is 6.06. The number of benzene rings is 1. The Balaban J connectivity index is 1.85. The predicted molar refractivity (Wildman–Crippen MR) is 94.0 cm³/mol. The molecule has 2 amide bonds. The highest BCUT2D eigenvalue weighted by molar-refractivity contribution is 5.99. The number of aliphatic hydroxyl groups excluding tert-OH is 1. The maximum absolute atomic E-state index is 12.2. The quantitative estimate of drug-likeness (QED) is 0.337. The zero-order valence-corrected chi connectivity index (χ0v) is 14.0. The van der Waals surface area contributed by atoms with Crippen LogP contribution < -0.4 is 21.3 Å². The van der Waals surface area contributed by atoms with Crippen LogP contribution in [-0.2, 0) is 9.59 Å². The Kier molecular flexibility index (Phi) is 6.92. The molecule has 0 unspecified atom stereocenters. The second-order valence-corrected chi connectivity index (χ2v) is 5.59. The molecule has 140 valence electrons. The molecule has 1 aliphatic heterocycles. The fourth-order valence-electron chi connectivity index (χ4n) is 2.27. The summed E-state index contributed by atoms with van der Waals surface area (Å²) in [4.78, 5) is 38.7. The summed E-state index contributed by atoms with van der Waals surface area (Å²) in [6.07, 6.45) is -0.401. The molecule has 26 heavy (non-hydrogen) atoms. The van der Waals surface area contributed by atoms with Crippen LogP contribution in [0.25, 0.3) is 0 Å². The van der Waals surface area contributed by atoms with E-state index in [-0.39, 0.29) is 6.54 Å². The molecule has 0 fully saturated rings. The number of amides is 2. The number of carbonyl (C=O) groups excluding carboxylic acids is 2. The van der Waals surface area contributed by atoms with Gasteiger partial charge < -0.3 is 31.5 Å². The zero-order valence-electron chi connectivity index (χ0n) is 14.0. The highest BCUT2D eigenvalue weighted by Crippen LogP contribution is 2.11. The molecular weight excluding hydrogens is 342 g/mol. The van der Waals surface area contributed by atoms with Gasteiger partial charge in [-0.25, -0.2) is 0 Å². The highest BCUT2D eigenvalue weighted by Gasteiger charge is 2.16. The van der Waals surface area contributed by atoms with E-state index in [1.165, 1.54) is 0 Å². The largest absolute Gasteiger partial charge is 0.481 e. The molecule has 0 saturated heterocycles. The van der Waals surface area contributed by atoms with Crippen LogP contribution in [0.1, 0.15) is 16.8 Å². The predicted octanol–water partition coefficient (Wildman–Crippen LogP) is -1.26. The van der Waals surface area contributed by atoms with Gasteiger partial charge in [0.05, 0.1) is 32.2 Å². The SMILES string of the molecule is O=C(O)C[C@@H](CO)NC(=O)CNC(=O)c1cccc(NC2=NCCN2)c1. The molecule has 1 heterocycles. The number of guanidine groups is 1. The third-order valence-corrected chi connectivity index (χ3v) is 3.48. The number of anilines is 1. The molecule has 10 heteroatoms. The number of carboxylic acids is 1. The molecule has 0 aromatic heterocycles. The molecule has 0 saturated carbocycles. The van der Waals surface area contributed by atoms with Crippen molar-refractivity contribution in [2.75, 3.05) is 31.6 Å². The molecule has 0 radical (unpaired) electrons. The number of rotatable bonds is 8. The first-order valence-corrected chi connectivity index (χ1v) is 8.03. The standard InChI is InChI=1S/C16H21N5O5/c22-9-12(7-14(24)25)20-13(23)8-19-15(26)10-2-1-3-11(6-10)21-16-17-4-5-18-16/h1-3,6,12,22H,4-5,7-9H2,(H,19,26)(H,20,23)(H,24,25)(H2,17,18,21)/t12-/m0/s1. The van der Waals surface area contributed by atoms with Crippen molar-refractivity contribution in [3.63, 3.8) is 0 Å². The number of carbonyl (C=O) groups is 3. The maximum atomic E-state index is 12.2. The summed E-state index contributed by atoms with van der Waals surface area (Å²) in [5, 5.41) is 28.6. The summed E-state index contributed by atoms with van der Waals surface area (Å²) in [5.74, 6) is -1.55. The van der Waals surface area contributed by atoms with Crippen LogP contribution in [0.5, 0.6) is 0 Å². The van der Waals surface area contributed by atoms with Crippen molar-refractivity contribution < 1.29 is 24.6 Å². The smallest absolute Gasteiger partial charge is 0.305 e. The van der Waals surface area contributed by atoms with E-state index in [2.05, 4.69) is 26.3 Å². The second kappa shape index (κ2) is 9.37. The minimum absolute atomic E-state index is 0.332. The Morgan fingerprint density at radius 2 is 2.12 bits per heavy atom. The van der Waals surface area contributed by atoms with Gasteiger partial charge in [0.2, 0.25) is 5.91 Å². The average molecular weight is 363 g/mol. The van der Waals surface area contributed by atoms with E-state index in [0.29, 0.717) is 23.8 Å². The van der Waals surface area contributed by atoms with E-state index < -0.39 is 36.9 Å². The first kappa shape index (κ1) is 19.2. The lowest BCUT2D eigenvalue weighted by atomic mass is 10.2. The summed E-state index contributed by atoms with van der Waals surface area (Å²) in [7, 11) is 0. The van der Waals surface area contributed by atoms with E-state index in [1.54, 1.807) is 24.3 Å². The molecule has 0 bridgehead atoms. The number of nitrogens with one attached hydrogen (secondary N) is 4. The zero-order chi connectivity index (χ0) is 18.9. The van der Waals surface area contributed by atoms with Gasteiger partial charge in [-0.3, -0.25) is 19.4 Å². The van der Waals surface area contributed by atoms with Gasteiger partial charge in [-0.05, 0) is 18.2 Å². The lowest BCUT2D eigenvalue weighted by molar-refractivity contribution is -0.138. The minimum Gasteiger partial charge on any atom is -0.481 e. The van der Waals surface area contributed by atoms with Crippen LogP contribution in [0.15, 0.2) is 29.3 Å². The van der Waals surface area contributed by atoms with Crippen LogP contribution in [-0.4, -0.2) is 66.2 Å². The average Bonchev–Trinajstić information content (AvgIpc) is 3.12. The summed E-state index contributed by atoms with van der Waals surface area (Å²) in [5.41, 5.74) is 1.03. The van der Waals surface area contributed by atoms with Crippen molar-refractivity contribution >= 4 is 29.4 Å². The number of aliphatic carboxylic acids is 1. The lowest BCUT2D eigenvalue weighted by Gasteiger charge is -2.14. The van der Waals surface area contributed by atoms with Gasteiger partial charge in [-0.15, -0.1) is 0 Å². The Hall–Kier alpha value is -3.14. The molecule has 6 N–H and O–H groups in total. The molecule has 10 nitrogen and oxygen atoms in total. The van der Waals surface area contributed by atoms with E-state index >= 15 is 0 Å². The van der Waals surface area contributed by atoms with Crippen molar-refractivity contribution in [3.05, 3.63) is 29.8 Å². The van der Waals surface area contributed by atoms with E-state index in [1.807, 2.05) is 0 Å². The second-order valence-electron chi connectivity index (χ2n) is 5.59. The van der Waals surface area contributed by atoms with E-state index in [0.717, 1.165) is 6.54 Å². The topological polar surface area (TPSA) is 152 Å². The third-order valence-electron chi connectivity index (χ3n) is 3.48. The summed E-state index contributed by atoms with van der Waals surface area (Å²) < 4.78 is 0. The molecule has 1 aromatic carbocycles. The number of nitrogens with zero attached hydrogens (tertiary/aromatic N) is 1. The van der Waals surface area contributed by atoms with Crippen LogP contribution in [0.3, 0.4) is 0 Å². The van der Waals surface area contributed by atoms with Gasteiger partial charge in [-0.1, -0.05) is 6.07 Å². The number of hydrogen-bond donors (Lipinski definition) is 6. The van der Waals surface area contributed by atoms with Gasteiger partial charge >= 0.3 is 5.97 Å². The number of carboxylic acid groups (broad SMARTS) is 1. The molecule has 1 atom stereocenters. The van der Waals surface area contributed by atoms with Gasteiger partial charge in [-0.2, -0.15) is 0 Å². The molecule has 0 aliphatic carbocycles. The van der Waals surface area contributed by atoms with Crippen molar-refractivity contribution in [1.29, 1.82) is 0 Å². The van der Waals surface area contributed by atoms with Crippen molar-refractivity contribution in [1.82, 2.24) is 16.0 Å². The van der Waals surface area contributed by atoms with Crippen molar-refractivity contribution in [2.45, 2.75) is 12.5 Å². The molecule has 1 aromatic rings. The molecular formula is C16H21N5O5. The van der Waals surface area contributed by atoms with Gasteiger partial charge in [0.15, 0.2) is 5.96 Å². The van der Waals surface area contributed by atoms with Gasteiger partial charge in [0, 0.05) is 17.8 Å². The summed E-state index contributed by atoms with van der Waals surface area (Å²) in [6.45, 7) is 0.612. The maximum Gasteiger partial charge on any atom is 0.305 e. The Labute approximate surface area is 149 Å². The number of aliphatic imine (C=N–C) groups is 1. The van der Waals surface area contributed by atoms with Crippen LogP contribution >= 0.6 is 0 Å². The summed E-state index contributed by atoms with van der Waals surface area (Å²) >= 11 is 0. The van der Waals surface area contributed by atoms with E-state index in [9.17, 15) is 14.4 Å². The fraction of sp³-hybridized carbons (Fsp3) is 0.375. The van der Waals surface area contributed by atoms with Crippen LogP contribution in [0.4, 0.5) is 5.69 Å². The minimum atomic E-state index is -1.14. The fourth-order valence-corrected chi connectivity index (χ4v) is 2.27. The van der Waals surface area contributed by atoms with Gasteiger partial charge in [0.1, 0.15) is 0 Å². The first-order valence-electron chi connectivity index (χ1n) is 8.03. The Morgan fingerprint density at radius 1 is 1.31 bits per heavy atom. The Morgan fingerprint density at radius 3 is 2.77 bits per heavy atom. The molecule has 2 rings (SSSR count). The molecule has 1 aliphatic rings. The number of aliphatic hydroxyl groups is 1. The van der Waals surface area contributed by atoms with Crippen LogP contribution in [0, 0.1) is 0 Å². The first-order chi connectivity index (χ1) is 12.5. The Bertz CT molecular complexity index is 706. The van der Waals surface area contributed by atoms with Crippen molar-refractivity contribution in [3.8, 4) is 0 Å². The normalized spacial score (nSPS) is 14.0. The highest BCUT2D eigenvalue weighted by atomic mass is 16.4. The summed E-state index contributed by atoms with van der Waals surface area (Å²) in [6, 6.07) is 5.80. The lowest BCUT2D eigenvalue weighted by Crippen LogP contribution is -2.44.